The van der Waals surface area contributed by atoms with Crippen LogP contribution >= 0.6 is 0 Å². The van der Waals surface area contributed by atoms with Crippen molar-refractivity contribution in [3.8, 4) is 0 Å². The number of nitrogens with one attached hydrogen (secondary N) is 2. The monoisotopic (exact) mass is 688 g/mol. The molecule has 0 aliphatic heterocycles. The van der Waals surface area contributed by atoms with Crippen molar-refractivity contribution in [2.45, 2.75) is 162 Å². The summed E-state index contributed by atoms with van der Waals surface area (Å²) < 4.78 is 6.03. The van der Waals surface area contributed by atoms with Crippen LogP contribution in [-0.4, -0.2) is 49.2 Å². The average molecular weight is 688 g/mol. The van der Waals surface area contributed by atoms with Gasteiger partial charge < -0.3 is 32.6 Å². The number of carbonyl (C=O) groups excluding carboxylic acids is 3. The van der Waals surface area contributed by atoms with Crippen molar-refractivity contribution < 1.29 is 30.6 Å². The van der Waals surface area contributed by atoms with E-state index in [0.717, 1.165) is 94.0 Å². The van der Waals surface area contributed by atoms with Gasteiger partial charge >= 0.3 is 6.09 Å². The maximum absolute atomic E-state index is 13.3. The van der Waals surface area contributed by atoms with E-state index in [9.17, 15) is 14.4 Å². The van der Waals surface area contributed by atoms with Crippen LogP contribution < -0.4 is 27.8 Å². The zero-order chi connectivity index (χ0) is 35.8. The summed E-state index contributed by atoms with van der Waals surface area (Å²) in [5.41, 5.74) is 15.5. The van der Waals surface area contributed by atoms with Gasteiger partial charge in [0.15, 0.2) is 0 Å². The van der Waals surface area contributed by atoms with E-state index in [-0.39, 0.29) is 17.4 Å². The second-order valence-corrected chi connectivity index (χ2v) is 17.4. The number of amides is 3. The number of rotatable bonds is 18. The maximum atomic E-state index is 13.3. The number of primary amides is 1. The Hall–Kier alpha value is -2.13. The third-order valence-electron chi connectivity index (χ3n) is 13.8. The molecule has 0 bridgehead atoms. The highest BCUT2D eigenvalue weighted by Gasteiger charge is 2.59. The van der Waals surface area contributed by atoms with E-state index in [1.54, 1.807) is 0 Å². The van der Waals surface area contributed by atoms with Crippen LogP contribution in [0.2, 0.25) is 0 Å². The van der Waals surface area contributed by atoms with E-state index in [4.69, 9.17) is 10.5 Å². The second kappa shape index (κ2) is 17.9. The first-order chi connectivity index (χ1) is 23.3. The number of fused-ring (bicyclic) bond motifs is 5. The van der Waals surface area contributed by atoms with Gasteiger partial charge in [0.2, 0.25) is 11.8 Å². The summed E-state index contributed by atoms with van der Waals surface area (Å²) in [6.07, 6.45) is 19.3. The minimum Gasteiger partial charge on any atom is -0.446 e. The molecule has 3 saturated carbocycles. The molecular formula is C40H73N5O4+2. The summed E-state index contributed by atoms with van der Waals surface area (Å²) in [4.78, 5) is 38.6. The number of carbonyl (C=O) groups is 3. The molecule has 280 valence electrons. The molecule has 10 atom stereocenters. The minimum absolute atomic E-state index is 0.176. The molecule has 0 aromatic carbocycles. The molecule has 3 amide bonds. The molecule has 3 fully saturated rings. The predicted octanol–water partition coefficient (Wildman–Crippen LogP) is 5.29. The predicted molar refractivity (Wildman–Crippen MR) is 195 cm³/mol. The summed E-state index contributed by atoms with van der Waals surface area (Å²) in [6.45, 7) is 13.9. The minimum atomic E-state index is -0.790. The molecule has 4 rings (SSSR count). The van der Waals surface area contributed by atoms with Crippen LogP contribution in [0.1, 0.15) is 144 Å². The largest absolute Gasteiger partial charge is 0.446 e. The maximum Gasteiger partial charge on any atom is 0.408 e. The fraction of sp³-hybridized carbons (Fsp3) is 0.875. The van der Waals surface area contributed by atoms with Crippen molar-refractivity contribution >= 4 is 17.9 Å². The number of unbranched alkanes of at least 4 members (excludes halogenated alkanes) is 2. The van der Waals surface area contributed by atoms with Crippen LogP contribution in [0, 0.1) is 46.3 Å². The Morgan fingerprint density at radius 2 is 1.55 bits per heavy atom. The highest BCUT2D eigenvalue weighted by atomic mass is 16.6. The zero-order valence-corrected chi connectivity index (χ0v) is 31.8. The van der Waals surface area contributed by atoms with Crippen LogP contribution in [0.4, 0.5) is 4.79 Å². The first-order valence-corrected chi connectivity index (χ1v) is 20.2. The summed E-state index contributed by atoms with van der Waals surface area (Å²) in [5, 5.41) is 5.64. The number of nitrogens with two attached hydrogens (primary N) is 1. The van der Waals surface area contributed by atoms with Gasteiger partial charge in [-0.2, -0.15) is 0 Å². The molecule has 0 saturated heterocycles. The lowest BCUT2D eigenvalue weighted by molar-refractivity contribution is -0.369. The van der Waals surface area contributed by atoms with Crippen molar-refractivity contribution in [3.63, 3.8) is 0 Å². The lowest BCUT2D eigenvalue weighted by Gasteiger charge is -2.58. The first-order valence-electron chi connectivity index (χ1n) is 20.2. The van der Waals surface area contributed by atoms with E-state index < -0.39 is 24.1 Å². The Morgan fingerprint density at radius 3 is 2.20 bits per heavy atom. The Bertz CT molecular complexity index is 1140. The third kappa shape index (κ3) is 9.61. The smallest absolute Gasteiger partial charge is 0.408 e. The SMILES string of the molecule is CC(C)CCCC(C)C1CCC2C3CC=C4CC(OC(=O)NC(CCCC[NH3+])C(=O)NC(CCCC[NH3+])C(N)=O)CCC4(C)C3CCC12C. The van der Waals surface area contributed by atoms with Crippen molar-refractivity contribution in [1.29, 1.82) is 0 Å². The quantitative estimate of drug-likeness (QED) is 0.0977. The molecule has 0 spiro atoms. The molecule has 10 unspecified atom stereocenters. The van der Waals surface area contributed by atoms with Gasteiger partial charge in [0.1, 0.15) is 18.2 Å². The topological polar surface area (TPSA) is 166 Å². The van der Waals surface area contributed by atoms with E-state index in [2.05, 4.69) is 62.8 Å². The number of hydrogen-bond acceptors (Lipinski definition) is 4. The van der Waals surface area contributed by atoms with Crippen LogP contribution in [0.15, 0.2) is 11.6 Å². The van der Waals surface area contributed by atoms with Gasteiger partial charge in [-0.05, 0) is 130 Å². The van der Waals surface area contributed by atoms with E-state index in [1.165, 1.54) is 50.5 Å². The van der Waals surface area contributed by atoms with Crippen LogP contribution in [0.5, 0.6) is 0 Å². The molecule has 4 aliphatic carbocycles. The lowest BCUT2D eigenvalue weighted by Crippen LogP contribution is -2.54. The molecule has 9 heteroatoms. The Labute approximate surface area is 297 Å². The lowest BCUT2D eigenvalue weighted by atomic mass is 9.47. The average Bonchev–Trinajstić information content (AvgIpc) is 3.41. The van der Waals surface area contributed by atoms with Crippen LogP contribution in [0.3, 0.4) is 0 Å². The normalized spacial score (nSPS) is 32.6. The number of allylic oxidation sites excluding steroid dienone is 1. The highest BCUT2D eigenvalue weighted by Crippen LogP contribution is 2.67. The van der Waals surface area contributed by atoms with Gasteiger partial charge in [-0.25, -0.2) is 4.79 Å². The molecule has 0 radical (unpaired) electrons. The zero-order valence-electron chi connectivity index (χ0n) is 31.8. The fourth-order valence-corrected chi connectivity index (χ4v) is 11.0. The molecule has 49 heavy (non-hydrogen) atoms. The number of quaternary nitrogens is 2. The Morgan fingerprint density at radius 1 is 0.857 bits per heavy atom. The standard InChI is InChI=1S/C40H71N5O4/c1-26(2)11-10-12-27(3)31-17-18-32-30-16-15-28-25-29(19-21-39(28,4)33(30)20-22-40(31,32)5)49-38(48)45-35(14-7-9-24-42)37(47)44-34(36(43)46)13-6-8-23-41/h15,26-27,29-35H,6-14,16-25,41-42H2,1-5H3,(H2,43,46)(H,44,47)(H,45,48)/p+2. The molecule has 4 aliphatic rings. The molecule has 0 aromatic rings. The van der Waals surface area contributed by atoms with E-state index in [0.29, 0.717) is 24.2 Å². The second-order valence-electron chi connectivity index (χ2n) is 17.4. The number of ether oxygens (including phenoxy) is 1. The van der Waals surface area contributed by atoms with Crippen molar-refractivity contribution in [3.05, 3.63) is 11.6 Å². The third-order valence-corrected chi connectivity index (χ3v) is 13.8. The fourth-order valence-electron chi connectivity index (χ4n) is 11.0. The van der Waals surface area contributed by atoms with Gasteiger partial charge in [-0.3, -0.25) is 9.59 Å². The van der Waals surface area contributed by atoms with E-state index in [1.807, 2.05) is 0 Å². The van der Waals surface area contributed by atoms with Gasteiger partial charge in [0.25, 0.3) is 0 Å². The number of hydrogen-bond donors (Lipinski definition) is 5. The van der Waals surface area contributed by atoms with E-state index >= 15 is 0 Å². The Kier molecular flexibility index (Phi) is 14.5. The summed E-state index contributed by atoms with van der Waals surface area (Å²) >= 11 is 0. The van der Waals surface area contributed by atoms with Crippen molar-refractivity contribution in [1.82, 2.24) is 10.6 Å². The van der Waals surface area contributed by atoms with Crippen LogP contribution in [0.25, 0.3) is 0 Å². The van der Waals surface area contributed by atoms with Gasteiger partial charge in [-0.1, -0.05) is 65.5 Å². The van der Waals surface area contributed by atoms with Crippen molar-refractivity contribution in [2.75, 3.05) is 13.1 Å². The van der Waals surface area contributed by atoms with Gasteiger partial charge in [0.05, 0.1) is 13.1 Å². The first kappa shape index (κ1) is 39.7. The van der Waals surface area contributed by atoms with Crippen molar-refractivity contribution in [2.24, 2.45) is 52.1 Å². The molecule has 10 N–H and O–H groups in total. The number of alkyl carbamates (subject to hydrolysis) is 1. The van der Waals surface area contributed by atoms with Gasteiger partial charge in [0, 0.05) is 6.42 Å². The Balaban J connectivity index is 1.35. The molecular weight excluding hydrogens is 614 g/mol. The summed E-state index contributed by atoms with van der Waals surface area (Å²) in [7, 11) is 0. The highest BCUT2D eigenvalue weighted by molar-refractivity contribution is 5.90. The van der Waals surface area contributed by atoms with Gasteiger partial charge in [-0.15, -0.1) is 0 Å². The summed E-state index contributed by atoms with van der Waals surface area (Å²) in [6, 6.07) is -1.56. The molecule has 0 aromatic heterocycles. The molecule has 9 nitrogen and oxygen atoms in total. The van der Waals surface area contributed by atoms with Crippen LogP contribution in [-0.2, 0) is 14.3 Å². The molecule has 0 heterocycles. The summed E-state index contributed by atoms with van der Waals surface area (Å²) in [5.74, 6) is 3.82.